The Morgan fingerprint density at radius 3 is 2.59 bits per heavy atom. The molecule has 0 aliphatic rings. The van der Waals surface area contributed by atoms with Gasteiger partial charge < -0.3 is 14.1 Å². The van der Waals surface area contributed by atoms with Crippen molar-refractivity contribution in [3.05, 3.63) is 66.3 Å². The van der Waals surface area contributed by atoms with Gasteiger partial charge in [0.25, 0.3) is 11.1 Å². The molecular weight excluding hydrogens is 369 g/mol. The zero-order valence-electron chi connectivity index (χ0n) is 14.8. The normalized spacial score (nSPS) is 11.8. The average Bonchev–Trinajstić information content (AvgIpc) is 3.17. The van der Waals surface area contributed by atoms with Crippen LogP contribution in [0, 0.1) is 5.82 Å². The number of halogens is 1. The minimum atomic E-state index is -0.500. The zero-order valence-corrected chi connectivity index (χ0v) is 15.6. The van der Waals surface area contributed by atoms with Gasteiger partial charge in [0.1, 0.15) is 11.6 Å². The number of carbonyl (C=O) groups is 1. The maximum atomic E-state index is 12.9. The van der Waals surface area contributed by atoms with Gasteiger partial charge in [0.05, 0.1) is 5.75 Å². The van der Waals surface area contributed by atoms with Gasteiger partial charge >= 0.3 is 0 Å². The highest BCUT2D eigenvalue weighted by molar-refractivity contribution is 7.99. The number of nitrogens with zero attached hydrogens (tertiary/aromatic N) is 3. The quantitative estimate of drug-likeness (QED) is 0.569. The third-order valence-corrected chi connectivity index (χ3v) is 4.54. The topological polar surface area (TPSA) is 68.5 Å². The van der Waals surface area contributed by atoms with Crippen LogP contribution in [0.5, 0.6) is 5.75 Å². The lowest BCUT2D eigenvalue weighted by molar-refractivity contribution is -0.115. The van der Waals surface area contributed by atoms with Crippen molar-refractivity contribution in [2.75, 3.05) is 17.7 Å². The fourth-order valence-electron chi connectivity index (χ4n) is 2.23. The fraction of sp³-hybridized carbons (Fsp3) is 0.211. The third-order valence-electron chi connectivity index (χ3n) is 3.73. The van der Waals surface area contributed by atoms with Crippen molar-refractivity contribution in [3.63, 3.8) is 0 Å². The molecule has 0 spiro atoms. The Bertz CT molecular complexity index is 887. The van der Waals surface area contributed by atoms with Gasteiger partial charge in [-0.3, -0.25) is 4.79 Å². The number of para-hydroxylation sites is 1. The largest absolute Gasteiger partial charge is 0.481 e. The molecule has 6 nitrogen and oxygen atoms in total. The predicted octanol–water partition coefficient (Wildman–Crippen LogP) is 4.10. The molecule has 1 aromatic heterocycles. The summed E-state index contributed by atoms with van der Waals surface area (Å²) < 4.78 is 24.1. The molecular formula is C19H18FN3O3S. The molecule has 0 aliphatic carbocycles. The van der Waals surface area contributed by atoms with Crippen LogP contribution in [0.1, 0.15) is 18.9 Å². The Labute approximate surface area is 160 Å². The molecule has 0 bridgehead atoms. The van der Waals surface area contributed by atoms with Crippen molar-refractivity contribution >= 4 is 23.4 Å². The van der Waals surface area contributed by atoms with Crippen LogP contribution >= 0.6 is 11.8 Å². The van der Waals surface area contributed by atoms with E-state index in [-0.39, 0.29) is 28.6 Å². The van der Waals surface area contributed by atoms with Crippen molar-refractivity contribution < 1.29 is 18.3 Å². The molecule has 27 heavy (non-hydrogen) atoms. The lowest BCUT2D eigenvalue weighted by atomic mass is 10.3. The van der Waals surface area contributed by atoms with Gasteiger partial charge in [-0.2, -0.15) is 0 Å². The summed E-state index contributed by atoms with van der Waals surface area (Å²) in [5.41, 5.74) is 0.815. The Morgan fingerprint density at radius 2 is 1.89 bits per heavy atom. The molecule has 0 aliphatic heterocycles. The van der Waals surface area contributed by atoms with Crippen LogP contribution in [0.4, 0.5) is 10.1 Å². The molecule has 0 radical (unpaired) electrons. The first-order valence-corrected chi connectivity index (χ1v) is 9.21. The summed E-state index contributed by atoms with van der Waals surface area (Å²) in [5.74, 6) is 0.528. The molecule has 0 fully saturated rings. The second-order valence-electron chi connectivity index (χ2n) is 5.70. The molecule has 1 atom stereocenters. The van der Waals surface area contributed by atoms with E-state index < -0.39 is 6.10 Å². The van der Waals surface area contributed by atoms with Crippen LogP contribution in [0.15, 0.2) is 64.2 Å². The Balaban J connectivity index is 1.54. The fourth-order valence-corrected chi connectivity index (χ4v) is 2.91. The Morgan fingerprint density at radius 1 is 1.19 bits per heavy atom. The van der Waals surface area contributed by atoms with Crippen LogP contribution in [0.3, 0.4) is 0 Å². The van der Waals surface area contributed by atoms with Crippen molar-refractivity contribution in [1.29, 1.82) is 0 Å². The van der Waals surface area contributed by atoms with Crippen molar-refractivity contribution in [2.24, 2.45) is 0 Å². The summed E-state index contributed by atoms with van der Waals surface area (Å²) in [6.45, 7) is 1.75. The first-order valence-electron chi connectivity index (χ1n) is 8.23. The number of hydrogen-bond acceptors (Lipinski definition) is 6. The van der Waals surface area contributed by atoms with Crippen LogP contribution in [0.2, 0.25) is 0 Å². The van der Waals surface area contributed by atoms with E-state index in [2.05, 4.69) is 10.2 Å². The van der Waals surface area contributed by atoms with E-state index in [1.807, 2.05) is 30.3 Å². The van der Waals surface area contributed by atoms with Gasteiger partial charge in [-0.15, -0.1) is 10.2 Å². The average molecular weight is 387 g/mol. The van der Waals surface area contributed by atoms with E-state index in [4.69, 9.17) is 9.15 Å². The first kappa shape index (κ1) is 18.9. The summed E-state index contributed by atoms with van der Waals surface area (Å²) in [4.78, 5) is 13.9. The van der Waals surface area contributed by atoms with Gasteiger partial charge in [-0.25, -0.2) is 4.39 Å². The molecule has 0 unspecified atom stereocenters. The minimum Gasteiger partial charge on any atom is -0.481 e. The van der Waals surface area contributed by atoms with E-state index >= 15 is 0 Å². The number of aromatic nitrogens is 2. The number of benzene rings is 2. The zero-order chi connectivity index (χ0) is 19.2. The number of anilines is 1. The highest BCUT2D eigenvalue weighted by Gasteiger charge is 2.18. The van der Waals surface area contributed by atoms with Gasteiger partial charge in [0.2, 0.25) is 5.91 Å². The molecule has 8 heteroatoms. The van der Waals surface area contributed by atoms with Gasteiger partial charge in [-0.05, 0) is 43.3 Å². The smallest absolute Gasteiger partial charge is 0.277 e. The number of hydrogen-bond donors (Lipinski definition) is 0. The predicted molar refractivity (Wildman–Crippen MR) is 100 cm³/mol. The summed E-state index contributed by atoms with van der Waals surface area (Å²) >= 11 is 1.16. The number of amides is 1. The number of ether oxygens (including phenoxy) is 1. The molecule has 0 saturated carbocycles. The minimum absolute atomic E-state index is 0.0819. The van der Waals surface area contributed by atoms with Gasteiger partial charge in [-0.1, -0.05) is 30.0 Å². The van der Waals surface area contributed by atoms with Crippen LogP contribution < -0.4 is 9.64 Å². The van der Waals surface area contributed by atoms with Gasteiger partial charge in [0.15, 0.2) is 6.10 Å². The molecule has 0 N–H and O–H groups in total. The van der Waals surface area contributed by atoms with E-state index in [9.17, 15) is 9.18 Å². The van der Waals surface area contributed by atoms with E-state index in [1.165, 1.54) is 24.3 Å². The maximum Gasteiger partial charge on any atom is 0.277 e. The number of thioether (sulfide) groups is 1. The summed E-state index contributed by atoms with van der Waals surface area (Å²) in [5, 5.41) is 8.17. The second-order valence-corrected chi connectivity index (χ2v) is 6.62. The monoisotopic (exact) mass is 387 g/mol. The molecule has 1 heterocycles. The second kappa shape index (κ2) is 8.68. The molecule has 2 aromatic carbocycles. The van der Waals surface area contributed by atoms with Crippen LogP contribution in [-0.2, 0) is 4.79 Å². The number of carbonyl (C=O) groups excluding carboxylic acids is 1. The third kappa shape index (κ3) is 5.07. The lowest BCUT2D eigenvalue weighted by Gasteiger charge is -2.16. The molecule has 1 amide bonds. The Kier molecular flexibility index (Phi) is 6.08. The summed E-state index contributed by atoms with van der Waals surface area (Å²) in [6, 6.07) is 15.0. The van der Waals surface area contributed by atoms with Crippen LogP contribution in [0.25, 0.3) is 0 Å². The van der Waals surface area contributed by atoms with Crippen molar-refractivity contribution in [2.45, 2.75) is 18.3 Å². The standard InChI is InChI=1S/C19H18FN3O3S/c1-13(25-16-10-8-14(20)9-11-16)18-21-22-19(26-18)27-12-17(24)23(2)15-6-4-3-5-7-15/h3-11,13H,12H2,1-2H3/t13-/m1/s1. The van der Waals surface area contributed by atoms with Crippen molar-refractivity contribution in [3.8, 4) is 5.75 Å². The molecule has 3 aromatic rings. The summed E-state index contributed by atoms with van der Waals surface area (Å²) in [7, 11) is 1.72. The summed E-state index contributed by atoms with van der Waals surface area (Å²) in [6.07, 6.45) is -0.500. The SMILES string of the molecule is C[C@@H](Oc1ccc(F)cc1)c1nnc(SCC(=O)N(C)c2ccccc2)o1. The lowest BCUT2D eigenvalue weighted by Crippen LogP contribution is -2.27. The first-order chi connectivity index (χ1) is 13.0. The van der Waals surface area contributed by atoms with E-state index in [1.54, 1.807) is 18.9 Å². The van der Waals surface area contributed by atoms with E-state index in [0.29, 0.717) is 5.75 Å². The highest BCUT2D eigenvalue weighted by atomic mass is 32.2. The maximum absolute atomic E-state index is 12.9. The molecule has 3 rings (SSSR count). The Hall–Kier alpha value is -2.87. The molecule has 0 saturated heterocycles. The number of rotatable bonds is 7. The van der Waals surface area contributed by atoms with Crippen molar-refractivity contribution in [1.82, 2.24) is 10.2 Å². The van der Waals surface area contributed by atoms with E-state index in [0.717, 1.165) is 17.4 Å². The van der Waals surface area contributed by atoms with Crippen LogP contribution in [-0.4, -0.2) is 28.9 Å². The molecule has 140 valence electrons. The van der Waals surface area contributed by atoms with Gasteiger partial charge in [0, 0.05) is 12.7 Å². The highest BCUT2D eigenvalue weighted by Crippen LogP contribution is 2.24.